The Morgan fingerprint density at radius 2 is 2.26 bits per heavy atom. The van der Waals surface area contributed by atoms with Crippen molar-refractivity contribution in [2.45, 2.75) is 32.7 Å². The zero-order chi connectivity index (χ0) is 13.7. The number of amides is 1. The molecule has 1 aliphatic heterocycles. The van der Waals surface area contributed by atoms with E-state index in [4.69, 9.17) is 11.6 Å². The maximum Gasteiger partial charge on any atom is 0.223 e. The topological polar surface area (TPSA) is 58.1 Å². The van der Waals surface area contributed by atoms with E-state index in [-0.39, 0.29) is 11.8 Å². The number of aromatic nitrogens is 2. The number of likely N-dealkylation sites (tertiary alicyclic amines) is 1. The lowest BCUT2D eigenvalue weighted by Gasteiger charge is -2.30. The van der Waals surface area contributed by atoms with Crippen molar-refractivity contribution < 1.29 is 4.79 Å². The number of nitrogens with one attached hydrogen (secondary N) is 1. The van der Waals surface area contributed by atoms with Gasteiger partial charge < -0.3 is 5.32 Å². The van der Waals surface area contributed by atoms with Crippen molar-refractivity contribution in [1.82, 2.24) is 19.8 Å². The van der Waals surface area contributed by atoms with E-state index in [0.29, 0.717) is 4.34 Å². The number of halogens is 1. The molecular formula is C12H19ClN4OS. The van der Waals surface area contributed by atoms with Crippen LogP contribution in [0, 0.1) is 5.92 Å². The van der Waals surface area contributed by atoms with Gasteiger partial charge in [0.15, 0.2) is 0 Å². The van der Waals surface area contributed by atoms with Crippen LogP contribution in [0.3, 0.4) is 0 Å². The first-order valence-corrected chi connectivity index (χ1v) is 7.82. The molecule has 0 aromatic carbocycles. The fourth-order valence-corrected chi connectivity index (χ4v) is 2.86. The summed E-state index contributed by atoms with van der Waals surface area (Å²) in [5.74, 6) is 0.363. The van der Waals surface area contributed by atoms with Crippen LogP contribution in [0.4, 0.5) is 0 Å². The molecule has 1 aromatic heterocycles. The lowest BCUT2D eigenvalue weighted by Crippen LogP contribution is -2.40. The Morgan fingerprint density at radius 1 is 1.53 bits per heavy atom. The summed E-state index contributed by atoms with van der Waals surface area (Å²) in [5.41, 5.74) is 0.848. The van der Waals surface area contributed by atoms with E-state index in [9.17, 15) is 4.79 Å². The van der Waals surface area contributed by atoms with Crippen molar-refractivity contribution in [3.05, 3.63) is 10.0 Å². The predicted molar refractivity (Wildman–Crippen MR) is 76.2 cm³/mol. The van der Waals surface area contributed by atoms with Gasteiger partial charge in [0.2, 0.25) is 5.91 Å². The van der Waals surface area contributed by atoms with Gasteiger partial charge in [0.25, 0.3) is 0 Å². The molecule has 19 heavy (non-hydrogen) atoms. The standard InChI is InChI=1S/C12H19ClN4OS/c1-2-5-14-12(18)9-3-6-17(7-4-9)8-10-11(13)19-16-15-10/h9H,2-8H2,1H3,(H,14,18). The van der Waals surface area contributed by atoms with Gasteiger partial charge in [0, 0.05) is 30.5 Å². The fourth-order valence-electron chi connectivity index (χ4n) is 2.25. The fraction of sp³-hybridized carbons (Fsp3) is 0.750. The third kappa shape index (κ3) is 4.12. The molecule has 0 radical (unpaired) electrons. The smallest absolute Gasteiger partial charge is 0.223 e. The average molecular weight is 303 g/mol. The molecule has 0 bridgehead atoms. The molecule has 1 fully saturated rings. The van der Waals surface area contributed by atoms with Gasteiger partial charge in [-0.3, -0.25) is 9.69 Å². The normalized spacial score (nSPS) is 17.6. The van der Waals surface area contributed by atoms with Gasteiger partial charge >= 0.3 is 0 Å². The molecule has 106 valence electrons. The van der Waals surface area contributed by atoms with Crippen LogP contribution < -0.4 is 5.32 Å². The molecule has 1 amide bonds. The third-order valence-electron chi connectivity index (χ3n) is 3.39. The van der Waals surface area contributed by atoms with Gasteiger partial charge in [0.1, 0.15) is 10.0 Å². The summed E-state index contributed by atoms with van der Waals surface area (Å²) in [4.78, 5) is 14.1. The average Bonchev–Trinajstić information content (AvgIpc) is 2.82. The lowest BCUT2D eigenvalue weighted by atomic mass is 9.96. The summed E-state index contributed by atoms with van der Waals surface area (Å²) in [6, 6.07) is 0. The summed E-state index contributed by atoms with van der Waals surface area (Å²) in [6.07, 6.45) is 2.80. The molecule has 0 unspecified atom stereocenters. The van der Waals surface area contributed by atoms with E-state index in [1.165, 1.54) is 11.5 Å². The van der Waals surface area contributed by atoms with Crippen molar-refractivity contribution in [3.63, 3.8) is 0 Å². The summed E-state index contributed by atoms with van der Waals surface area (Å²) in [7, 11) is 0. The maximum atomic E-state index is 11.9. The molecule has 1 saturated heterocycles. The van der Waals surface area contributed by atoms with E-state index >= 15 is 0 Å². The maximum absolute atomic E-state index is 11.9. The second kappa shape index (κ2) is 7.17. The van der Waals surface area contributed by atoms with E-state index in [0.717, 1.165) is 51.1 Å². The number of hydrogen-bond acceptors (Lipinski definition) is 5. The Bertz CT molecular complexity index is 418. The number of rotatable bonds is 5. The van der Waals surface area contributed by atoms with Crippen LogP contribution in [0.5, 0.6) is 0 Å². The Morgan fingerprint density at radius 3 is 2.84 bits per heavy atom. The number of nitrogens with zero attached hydrogens (tertiary/aromatic N) is 3. The molecule has 0 atom stereocenters. The second-order valence-corrected chi connectivity index (χ2v) is 6.19. The Kier molecular flexibility index (Phi) is 5.54. The summed E-state index contributed by atoms with van der Waals surface area (Å²) < 4.78 is 4.50. The van der Waals surface area contributed by atoms with Crippen LogP contribution in [-0.2, 0) is 11.3 Å². The molecule has 7 heteroatoms. The van der Waals surface area contributed by atoms with Crippen molar-refractivity contribution >= 4 is 29.0 Å². The third-order valence-corrected chi connectivity index (χ3v) is 4.37. The Labute approximate surface area is 122 Å². The molecule has 1 aromatic rings. The van der Waals surface area contributed by atoms with E-state index in [1.54, 1.807) is 0 Å². The van der Waals surface area contributed by atoms with E-state index < -0.39 is 0 Å². The first-order chi connectivity index (χ1) is 9.20. The summed E-state index contributed by atoms with van der Waals surface area (Å²) in [5, 5.41) is 6.99. The number of carbonyl (C=O) groups is 1. The van der Waals surface area contributed by atoms with Crippen LogP contribution in [0.25, 0.3) is 0 Å². The highest BCUT2D eigenvalue weighted by Crippen LogP contribution is 2.22. The molecular weight excluding hydrogens is 284 g/mol. The zero-order valence-electron chi connectivity index (χ0n) is 11.1. The number of carbonyl (C=O) groups excluding carboxylic acids is 1. The minimum atomic E-state index is 0.159. The molecule has 5 nitrogen and oxygen atoms in total. The molecule has 0 spiro atoms. The van der Waals surface area contributed by atoms with Crippen molar-refractivity contribution in [1.29, 1.82) is 0 Å². The highest BCUT2D eigenvalue weighted by molar-refractivity contribution is 7.10. The SMILES string of the molecule is CCCNC(=O)C1CCN(Cc2nnsc2Cl)CC1. The van der Waals surface area contributed by atoms with Crippen LogP contribution in [0.1, 0.15) is 31.9 Å². The van der Waals surface area contributed by atoms with E-state index in [2.05, 4.69) is 26.7 Å². The van der Waals surface area contributed by atoms with Gasteiger partial charge in [-0.25, -0.2) is 0 Å². The van der Waals surface area contributed by atoms with Crippen molar-refractivity contribution in [2.75, 3.05) is 19.6 Å². The quantitative estimate of drug-likeness (QED) is 0.903. The first-order valence-electron chi connectivity index (χ1n) is 6.67. The van der Waals surface area contributed by atoms with Gasteiger partial charge in [0.05, 0.1) is 0 Å². The minimum absolute atomic E-state index is 0.159. The van der Waals surface area contributed by atoms with Gasteiger partial charge in [-0.15, -0.1) is 5.10 Å². The largest absolute Gasteiger partial charge is 0.356 e. The van der Waals surface area contributed by atoms with Gasteiger partial charge in [-0.05, 0) is 32.4 Å². The predicted octanol–water partition coefficient (Wildman–Crippen LogP) is 1.93. The second-order valence-electron chi connectivity index (χ2n) is 4.83. The van der Waals surface area contributed by atoms with E-state index in [1.807, 2.05) is 0 Å². The summed E-state index contributed by atoms with van der Waals surface area (Å²) in [6.45, 7) is 5.41. The molecule has 2 rings (SSSR count). The van der Waals surface area contributed by atoms with Gasteiger partial charge in [-0.1, -0.05) is 23.0 Å². The van der Waals surface area contributed by atoms with Crippen LogP contribution in [0.2, 0.25) is 4.34 Å². The van der Waals surface area contributed by atoms with Crippen LogP contribution in [0.15, 0.2) is 0 Å². The molecule has 0 saturated carbocycles. The van der Waals surface area contributed by atoms with Crippen molar-refractivity contribution in [3.8, 4) is 0 Å². The number of hydrogen-bond donors (Lipinski definition) is 1. The lowest BCUT2D eigenvalue weighted by molar-refractivity contribution is -0.126. The zero-order valence-corrected chi connectivity index (χ0v) is 12.6. The first kappa shape index (κ1) is 14.7. The Hall–Kier alpha value is -0.720. The highest BCUT2D eigenvalue weighted by atomic mass is 35.5. The van der Waals surface area contributed by atoms with Crippen LogP contribution in [-0.4, -0.2) is 40.0 Å². The molecule has 1 aliphatic rings. The van der Waals surface area contributed by atoms with Gasteiger partial charge in [-0.2, -0.15) is 0 Å². The molecule has 0 aliphatic carbocycles. The van der Waals surface area contributed by atoms with Crippen molar-refractivity contribution in [2.24, 2.45) is 5.92 Å². The molecule has 1 N–H and O–H groups in total. The highest BCUT2D eigenvalue weighted by Gasteiger charge is 2.25. The monoisotopic (exact) mass is 302 g/mol. The van der Waals surface area contributed by atoms with Crippen LogP contribution >= 0.6 is 23.1 Å². The minimum Gasteiger partial charge on any atom is -0.356 e. The molecule has 2 heterocycles. The Balaban J connectivity index is 1.76. The number of piperidine rings is 1. The summed E-state index contributed by atoms with van der Waals surface area (Å²) >= 11 is 7.22.